The Bertz CT molecular complexity index is 144. The van der Waals surface area contributed by atoms with Gasteiger partial charge in [0.15, 0.2) is 12.1 Å². The van der Waals surface area contributed by atoms with Crippen molar-refractivity contribution in [2.24, 2.45) is 0 Å². The van der Waals surface area contributed by atoms with Crippen molar-refractivity contribution in [1.82, 2.24) is 0 Å². The molecule has 0 aliphatic rings. The maximum atomic E-state index is 9.37. The van der Waals surface area contributed by atoms with Crippen LogP contribution in [0, 0.1) is 22.7 Å². The van der Waals surface area contributed by atoms with Gasteiger partial charge < -0.3 is 5.11 Å². The molecule has 0 spiro atoms. The van der Waals surface area contributed by atoms with Crippen molar-refractivity contribution in [2.45, 2.75) is 13.3 Å². The van der Waals surface area contributed by atoms with E-state index in [1.807, 2.05) is 0 Å². The van der Waals surface area contributed by atoms with Gasteiger partial charge >= 0.3 is 5.97 Å². The standard InChI is InChI=1S/C3H6O2.C2N2.H2S/c1-2-3(4)5;3-1-2-4;/h2H2,1H3,(H,4,5);;1H2. The fraction of sp³-hybridized carbons (Fsp3) is 0.400. The third-order valence-corrected chi connectivity index (χ3v) is 0.352. The molecule has 0 aliphatic heterocycles. The van der Waals surface area contributed by atoms with E-state index in [0.717, 1.165) is 0 Å². The van der Waals surface area contributed by atoms with Gasteiger partial charge in [-0.15, -0.1) is 0 Å². The van der Waals surface area contributed by atoms with Gasteiger partial charge in [-0.3, -0.25) is 4.79 Å². The van der Waals surface area contributed by atoms with Crippen LogP contribution in [0.2, 0.25) is 0 Å². The van der Waals surface area contributed by atoms with E-state index in [-0.39, 0.29) is 19.9 Å². The molecule has 0 saturated carbocycles. The maximum absolute atomic E-state index is 9.37. The zero-order valence-electron chi connectivity index (χ0n) is 5.46. The fourth-order valence-corrected chi connectivity index (χ4v) is 0. The summed E-state index contributed by atoms with van der Waals surface area (Å²) in [5, 5.41) is 22.2. The molecule has 0 aromatic carbocycles. The van der Waals surface area contributed by atoms with E-state index >= 15 is 0 Å². The molecule has 0 heterocycles. The third-order valence-electron chi connectivity index (χ3n) is 0.352. The molecule has 1 N–H and O–H groups in total. The summed E-state index contributed by atoms with van der Waals surface area (Å²) in [6.45, 7) is 1.60. The Balaban J connectivity index is -0.0000000910. The predicted octanol–water partition coefficient (Wildman–Crippen LogP) is 0.627. The van der Waals surface area contributed by atoms with Crippen LogP contribution in [0.4, 0.5) is 0 Å². The lowest BCUT2D eigenvalue weighted by atomic mass is 10.5. The lowest BCUT2D eigenvalue weighted by Gasteiger charge is -1.71. The number of carbonyl (C=O) groups is 1. The molecule has 0 radical (unpaired) electrons. The van der Waals surface area contributed by atoms with Crippen LogP contribution >= 0.6 is 13.5 Å². The first-order valence-electron chi connectivity index (χ1n) is 2.19. The van der Waals surface area contributed by atoms with Crippen molar-refractivity contribution >= 4 is 19.5 Å². The second kappa shape index (κ2) is 15.7. The molecular weight excluding hydrogens is 152 g/mol. The van der Waals surface area contributed by atoms with Crippen molar-refractivity contribution < 1.29 is 9.90 Å². The molecular formula is C5H8N2O2S. The van der Waals surface area contributed by atoms with E-state index in [4.69, 9.17) is 15.6 Å². The molecule has 0 atom stereocenters. The van der Waals surface area contributed by atoms with Crippen molar-refractivity contribution in [3.05, 3.63) is 0 Å². The highest BCUT2D eigenvalue weighted by Crippen LogP contribution is 1.67. The van der Waals surface area contributed by atoms with Crippen LogP contribution in [-0.4, -0.2) is 11.1 Å². The number of hydrogen-bond acceptors (Lipinski definition) is 3. The molecule has 0 aromatic rings. The summed E-state index contributed by atoms with van der Waals surface area (Å²) < 4.78 is 0. The number of carboxylic acids is 1. The van der Waals surface area contributed by atoms with Gasteiger partial charge in [0.2, 0.25) is 0 Å². The highest BCUT2D eigenvalue weighted by molar-refractivity contribution is 7.59. The second-order valence-corrected chi connectivity index (χ2v) is 0.971. The number of hydrogen-bond donors (Lipinski definition) is 1. The minimum Gasteiger partial charge on any atom is -0.481 e. The van der Waals surface area contributed by atoms with Crippen molar-refractivity contribution in [3.8, 4) is 12.1 Å². The molecule has 0 amide bonds. The largest absolute Gasteiger partial charge is 0.481 e. The lowest BCUT2D eigenvalue weighted by Crippen LogP contribution is -1.86. The van der Waals surface area contributed by atoms with E-state index in [1.165, 1.54) is 12.1 Å². The van der Waals surface area contributed by atoms with Gasteiger partial charge in [0.25, 0.3) is 0 Å². The fourth-order valence-electron chi connectivity index (χ4n) is 0. The molecule has 10 heavy (non-hydrogen) atoms. The molecule has 0 rings (SSSR count). The summed E-state index contributed by atoms with van der Waals surface area (Å²) in [5.41, 5.74) is 0. The van der Waals surface area contributed by atoms with E-state index in [2.05, 4.69) is 0 Å². The monoisotopic (exact) mass is 160 g/mol. The minimum atomic E-state index is -0.745. The van der Waals surface area contributed by atoms with E-state index in [9.17, 15) is 4.79 Å². The van der Waals surface area contributed by atoms with Crippen molar-refractivity contribution in [2.75, 3.05) is 0 Å². The molecule has 0 fully saturated rings. The smallest absolute Gasteiger partial charge is 0.303 e. The third kappa shape index (κ3) is 70.6. The van der Waals surface area contributed by atoms with E-state index in [0.29, 0.717) is 0 Å². The quantitative estimate of drug-likeness (QED) is 0.609. The number of nitriles is 2. The molecule has 0 aliphatic carbocycles. The Hall–Kier alpha value is -1.20. The van der Waals surface area contributed by atoms with Crippen LogP contribution in [0.15, 0.2) is 0 Å². The van der Waals surface area contributed by atoms with Crippen LogP contribution in [0.3, 0.4) is 0 Å². The van der Waals surface area contributed by atoms with Crippen LogP contribution in [0.1, 0.15) is 13.3 Å². The van der Waals surface area contributed by atoms with Gasteiger partial charge in [-0.2, -0.15) is 24.0 Å². The maximum Gasteiger partial charge on any atom is 0.303 e. The number of nitrogens with zero attached hydrogens (tertiary/aromatic N) is 2. The molecule has 0 aromatic heterocycles. The van der Waals surface area contributed by atoms with Gasteiger partial charge in [-0.05, 0) is 0 Å². The average molecular weight is 160 g/mol. The Morgan fingerprint density at radius 3 is 1.70 bits per heavy atom. The minimum absolute atomic E-state index is 0. The van der Waals surface area contributed by atoms with Gasteiger partial charge in [-0.25, -0.2) is 0 Å². The van der Waals surface area contributed by atoms with Crippen molar-refractivity contribution in [1.29, 1.82) is 10.5 Å². The Morgan fingerprint density at radius 2 is 1.70 bits per heavy atom. The summed E-state index contributed by atoms with van der Waals surface area (Å²) >= 11 is 0. The lowest BCUT2D eigenvalue weighted by molar-refractivity contribution is -0.136. The molecule has 0 saturated heterocycles. The number of aliphatic carboxylic acids is 1. The molecule has 56 valence electrons. The summed E-state index contributed by atoms with van der Waals surface area (Å²) in [5.74, 6) is -0.745. The van der Waals surface area contributed by atoms with Gasteiger partial charge in [0.1, 0.15) is 0 Å². The Kier molecular flexibility index (Phi) is 24.9. The van der Waals surface area contributed by atoms with Crippen molar-refractivity contribution in [3.63, 3.8) is 0 Å². The van der Waals surface area contributed by atoms with Crippen LogP contribution in [-0.2, 0) is 4.79 Å². The van der Waals surface area contributed by atoms with Gasteiger partial charge in [0, 0.05) is 6.42 Å². The summed E-state index contributed by atoms with van der Waals surface area (Å²) in [6, 6.07) is 2.47. The van der Waals surface area contributed by atoms with Crippen LogP contribution in [0.5, 0.6) is 0 Å². The molecule has 0 unspecified atom stereocenters. The van der Waals surface area contributed by atoms with Crippen LogP contribution in [0.25, 0.3) is 0 Å². The number of carboxylic acid groups (broad SMARTS) is 1. The SMILES string of the molecule is CCC(=O)O.N#CC#N.S. The second-order valence-electron chi connectivity index (χ2n) is 0.971. The summed E-state index contributed by atoms with van der Waals surface area (Å²) in [7, 11) is 0. The zero-order valence-corrected chi connectivity index (χ0v) is 6.46. The van der Waals surface area contributed by atoms with Crippen LogP contribution < -0.4 is 0 Å². The first kappa shape index (κ1) is 15.9. The molecule has 4 nitrogen and oxygen atoms in total. The average Bonchev–Trinajstić information content (AvgIpc) is 1.89. The number of rotatable bonds is 1. The summed E-state index contributed by atoms with van der Waals surface area (Å²) in [6.07, 6.45) is 0.222. The first-order chi connectivity index (χ1) is 4.18. The Labute approximate surface area is 66.1 Å². The molecule has 0 bridgehead atoms. The highest BCUT2D eigenvalue weighted by atomic mass is 32.1. The highest BCUT2D eigenvalue weighted by Gasteiger charge is 1.80. The molecule has 5 heteroatoms. The topological polar surface area (TPSA) is 84.9 Å². The first-order valence-corrected chi connectivity index (χ1v) is 2.19. The zero-order chi connectivity index (χ0) is 7.70. The van der Waals surface area contributed by atoms with Gasteiger partial charge in [-0.1, -0.05) is 6.92 Å². The predicted molar refractivity (Wildman–Crippen MR) is 39.5 cm³/mol. The summed E-state index contributed by atoms with van der Waals surface area (Å²) in [4.78, 5) is 9.37. The van der Waals surface area contributed by atoms with E-state index in [1.54, 1.807) is 6.92 Å². The normalized spacial score (nSPS) is 4.70. The Morgan fingerprint density at radius 1 is 1.50 bits per heavy atom. The van der Waals surface area contributed by atoms with Gasteiger partial charge in [0.05, 0.1) is 0 Å². The van der Waals surface area contributed by atoms with E-state index < -0.39 is 5.97 Å².